The lowest BCUT2D eigenvalue weighted by molar-refractivity contribution is -0.127. The Morgan fingerprint density at radius 1 is 1.26 bits per heavy atom. The molecule has 0 saturated carbocycles. The Bertz CT molecular complexity index is 648. The Balaban J connectivity index is 1.95. The van der Waals surface area contributed by atoms with Gasteiger partial charge in [-0.15, -0.1) is 0 Å². The van der Waals surface area contributed by atoms with E-state index in [4.69, 9.17) is 4.74 Å². The molecule has 1 aliphatic rings. The quantitative estimate of drug-likeness (QED) is 0.490. The van der Waals surface area contributed by atoms with Crippen LogP contribution in [-0.2, 0) is 23.1 Å². The maximum absolute atomic E-state index is 11.9. The highest BCUT2D eigenvalue weighted by molar-refractivity contribution is 5.86. The molecule has 0 aromatic carbocycles. The smallest absolute Gasteiger partial charge is 0.241 e. The lowest BCUT2D eigenvalue weighted by atomic mass is 10.2. The number of hydrogen-bond donors (Lipinski definition) is 2. The number of aromatic nitrogens is 2. The van der Waals surface area contributed by atoms with Gasteiger partial charge in [-0.05, 0) is 13.8 Å². The summed E-state index contributed by atoms with van der Waals surface area (Å²) in [6.07, 6.45) is 0. The normalized spacial score (nSPS) is 15.7. The van der Waals surface area contributed by atoms with Crippen molar-refractivity contribution >= 4 is 11.9 Å². The molecule has 2 rings (SSSR count). The molecular weight excluding hydrogens is 346 g/mol. The number of guanidine groups is 1. The van der Waals surface area contributed by atoms with Crippen molar-refractivity contribution in [3.8, 4) is 0 Å². The van der Waals surface area contributed by atoms with Crippen molar-refractivity contribution in [1.82, 2.24) is 30.2 Å². The number of aliphatic imine (C=N–C) groups is 1. The number of carbonyl (C=O) groups excluding carboxylic acids is 1. The van der Waals surface area contributed by atoms with E-state index < -0.39 is 0 Å². The number of aryl methyl sites for hydroxylation is 2. The number of rotatable bonds is 7. The highest BCUT2D eigenvalue weighted by atomic mass is 16.5. The predicted octanol–water partition coefficient (Wildman–Crippen LogP) is -0.507. The fourth-order valence-corrected chi connectivity index (χ4v) is 2.85. The van der Waals surface area contributed by atoms with Crippen molar-refractivity contribution in [2.24, 2.45) is 12.0 Å². The van der Waals surface area contributed by atoms with Crippen LogP contribution in [0.1, 0.15) is 17.0 Å². The molecule has 0 spiro atoms. The molecule has 1 saturated heterocycles. The number of nitrogens with zero attached hydrogens (tertiary/aromatic N) is 5. The van der Waals surface area contributed by atoms with E-state index in [2.05, 4.69) is 25.6 Å². The van der Waals surface area contributed by atoms with Crippen LogP contribution < -0.4 is 10.6 Å². The summed E-state index contributed by atoms with van der Waals surface area (Å²) in [5, 5.41) is 10.9. The largest absolute Gasteiger partial charge is 0.379 e. The second kappa shape index (κ2) is 10.3. The average Bonchev–Trinajstić information content (AvgIpc) is 2.89. The Morgan fingerprint density at radius 3 is 2.56 bits per heavy atom. The van der Waals surface area contributed by atoms with Crippen molar-refractivity contribution in [3.05, 3.63) is 17.0 Å². The van der Waals surface area contributed by atoms with Gasteiger partial charge in [0.25, 0.3) is 0 Å². The first-order valence-electron chi connectivity index (χ1n) is 9.40. The van der Waals surface area contributed by atoms with E-state index in [1.807, 2.05) is 25.6 Å². The third-order valence-corrected chi connectivity index (χ3v) is 4.78. The van der Waals surface area contributed by atoms with Gasteiger partial charge < -0.3 is 20.3 Å². The molecule has 9 nitrogen and oxygen atoms in total. The molecule has 2 heterocycles. The minimum Gasteiger partial charge on any atom is -0.379 e. The van der Waals surface area contributed by atoms with Gasteiger partial charge in [0.1, 0.15) is 0 Å². The summed E-state index contributed by atoms with van der Waals surface area (Å²) in [5.41, 5.74) is 3.20. The third-order valence-electron chi connectivity index (χ3n) is 4.78. The number of hydrogen-bond acceptors (Lipinski definition) is 5. The van der Waals surface area contributed by atoms with Gasteiger partial charge in [-0.25, -0.2) is 4.99 Å². The first kappa shape index (κ1) is 21.2. The van der Waals surface area contributed by atoms with Crippen molar-refractivity contribution in [3.63, 3.8) is 0 Å². The second-order valence-electron chi connectivity index (χ2n) is 6.96. The van der Waals surface area contributed by atoms with Crippen molar-refractivity contribution in [2.45, 2.75) is 20.4 Å². The molecule has 0 unspecified atom stereocenters. The van der Waals surface area contributed by atoms with Crippen LogP contribution in [0.15, 0.2) is 4.99 Å². The maximum atomic E-state index is 11.9. The monoisotopic (exact) mass is 379 g/mol. The van der Waals surface area contributed by atoms with E-state index in [-0.39, 0.29) is 12.5 Å². The fourth-order valence-electron chi connectivity index (χ4n) is 2.85. The average molecular weight is 380 g/mol. The van der Waals surface area contributed by atoms with Crippen LogP contribution >= 0.6 is 0 Å². The maximum Gasteiger partial charge on any atom is 0.241 e. The second-order valence-corrected chi connectivity index (χ2v) is 6.96. The number of ether oxygens (including phenoxy) is 1. The Kier molecular flexibility index (Phi) is 8.05. The zero-order valence-corrected chi connectivity index (χ0v) is 17.2. The van der Waals surface area contributed by atoms with Gasteiger partial charge in [-0.1, -0.05) is 0 Å². The topological polar surface area (TPSA) is 87.0 Å². The first-order valence-corrected chi connectivity index (χ1v) is 9.40. The van der Waals surface area contributed by atoms with E-state index in [1.165, 1.54) is 0 Å². The van der Waals surface area contributed by atoms with Crippen LogP contribution in [0.5, 0.6) is 0 Å². The molecule has 152 valence electrons. The molecule has 1 aliphatic heterocycles. The summed E-state index contributed by atoms with van der Waals surface area (Å²) >= 11 is 0. The SMILES string of the molecule is Cc1nn(C)c(C)c1CN=C(NCCN1CCOCC1)NCC(=O)N(C)C. The van der Waals surface area contributed by atoms with E-state index in [9.17, 15) is 4.79 Å². The molecular formula is C18H33N7O2. The Labute approximate surface area is 161 Å². The van der Waals surface area contributed by atoms with Gasteiger partial charge in [0.05, 0.1) is 32.0 Å². The van der Waals surface area contributed by atoms with Gasteiger partial charge in [-0.2, -0.15) is 5.10 Å². The summed E-state index contributed by atoms with van der Waals surface area (Å²) in [4.78, 5) is 20.5. The summed E-state index contributed by atoms with van der Waals surface area (Å²) in [7, 11) is 5.43. The summed E-state index contributed by atoms with van der Waals surface area (Å²) in [5.74, 6) is 0.646. The molecule has 1 fully saturated rings. The molecule has 1 aromatic rings. The van der Waals surface area contributed by atoms with Gasteiger partial charge in [0, 0.05) is 58.6 Å². The zero-order valence-electron chi connectivity index (χ0n) is 17.2. The van der Waals surface area contributed by atoms with Gasteiger partial charge in [0.15, 0.2) is 5.96 Å². The summed E-state index contributed by atoms with van der Waals surface area (Å²) < 4.78 is 7.25. The van der Waals surface area contributed by atoms with E-state index in [0.29, 0.717) is 12.5 Å². The molecule has 0 aliphatic carbocycles. The molecule has 1 amide bonds. The fraction of sp³-hybridized carbons (Fsp3) is 0.722. The van der Waals surface area contributed by atoms with E-state index >= 15 is 0 Å². The minimum atomic E-state index is 0.00594. The highest BCUT2D eigenvalue weighted by Gasteiger charge is 2.12. The summed E-state index contributed by atoms with van der Waals surface area (Å²) in [6, 6.07) is 0. The van der Waals surface area contributed by atoms with Crippen LogP contribution in [0.2, 0.25) is 0 Å². The van der Waals surface area contributed by atoms with Crippen LogP contribution in [0, 0.1) is 13.8 Å². The van der Waals surface area contributed by atoms with Crippen LogP contribution in [0.25, 0.3) is 0 Å². The number of amides is 1. The lowest BCUT2D eigenvalue weighted by Crippen LogP contribution is -2.46. The van der Waals surface area contributed by atoms with Crippen LogP contribution in [-0.4, -0.2) is 91.5 Å². The third kappa shape index (κ3) is 6.51. The van der Waals surface area contributed by atoms with Gasteiger partial charge >= 0.3 is 0 Å². The van der Waals surface area contributed by atoms with Gasteiger partial charge in [0.2, 0.25) is 5.91 Å². The molecule has 2 N–H and O–H groups in total. The van der Waals surface area contributed by atoms with Crippen LogP contribution in [0.3, 0.4) is 0 Å². The number of carbonyl (C=O) groups is 1. The van der Waals surface area contributed by atoms with Crippen molar-refractivity contribution in [2.75, 3.05) is 60.0 Å². The van der Waals surface area contributed by atoms with Crippen molar-refractivity contribution in [1.29, 1.82) is 0 Å². The van der Waals surface area contributed by atoms with E-state index in [1.54, 1.807) is 19.0 Å². The number of morpholine rings is 1. The van der Waals surface area contributed by atoms with Gasteiger partial charge in [-0.3, -0.25) is 14.4 Å². The predicted molar refractivity (Wildman–Crippen MR) is 106 cm³/mol. The molecule has 27 heavy (non-hydrogen) atoms. The molecule has 0 radical (unpaired) electrons. The standard InChI is InChI=1S/C18H33N7O2/c1-14-16(15(2)24(5)22-14)12-20-18(21-13-17(26)23(3)4)19-6-7-25-8-10-27-11-9-25/h6-13H2,1-5H3,(H2,19,20,21). The molecule has 1 aromatic heterocycles. The summed E-state index contributed by atoms with van der Waals surface area (Å²) in [6.45, 7) is 9.92. The number of nitrogens with one attached hydrogen (secondary N) is 2. The highest BCUT2D eigenvalue weighted by Crippen LogP contribution is 2.12. The zero-order chi connectivity index (χ0) is 19.8. The lowest BCUT2D eigenvalue weighted by Gasteiger charge is -2.26. The van der Waals surface area contributed by atoms with Crippen LogP contribution in [0.4, 0.5) is 0 Å². The molecule has 0 atom stereocenters. The molecule has 0 bridgehead atoms. The molecule has 9 heteroatoms. The van der Waals surface area contributed by atoms with Crippen molar-refractivity contribution < 1.29 is 9.53 Å². The Hall–Kier alpha value is -2.13. The Morgan fingerprint density at radius 2 is 1.96 bits per heavy atom. The van der Waals surface area contributed by atoms with E-state index in [0.717, 1.165) is 56.3 Å². The number of likely N-dealkylation sites (N-methyl/N-ethyl adjacent to an activating group) is 1. The minimum absolute atomic E-state index is 0.00594. The first-order chi connectivity index (χ1) is 12.9.